The third-order valence-electron chi connectivity index (χ3n) is 10.5. The summed E-state index contributed by atoms with van der Waals surface area (Å²) < 4.78 is 63.4. The van der Waals surface area contributed by atoms with Gasteiger partial charge in [-0.1, -0.05) is 6.07 Å². The van der Waals surface area contributed by atoms with Crippen LogP contribution in [0.5, 0.6) is 0 Å². The Hall–Kier alpha value is -8.52. The number of piperidine rings is 1. The van der Waals surface area contributed by atoms with E-state index in [4.69, 9.17) is 24.4 Å². The minimum absolute atomic E-state index is 0.0142. The zero-order valence-corrected chi connectivity index (χ0v) is 38.7. The number of hydrogen-bond donors (Lipinski definition) is 5. The van der Waals surface area contributed by atoms with Gasteiger partial charge in [-0.05, 0) is 75.7 Å². The number of imide groups is 2. The van der Waals surface area contributed by atoms with E-state index in [0.29, 0.717) is 16.3 Å². The fraction of sp³-hybridized carbons (Fsp3) is 0.326. The van der Waals surface area contributed by atoms with Crippen LogP contribution in [0.1, 0.15) is 85.7 Å². The Bertz CT molecular complexity index is 2910. The van der Waals surface area contributed by atoms with Gasteiger partial charge in [-0.15, -0.1) is 0 Å². The predicted molar refractivity (Wildman–Crippen MR) is 245 cm³/mol. The second-order valence-electron chi connectivity index (χ2n) is 16.9. The Morgan fingerprint density at radius 3 is 2.32 bits per heavy atom. The van der Waals surface area contributed by atoms with Gasteiger partial charge in [-0.25, -0.2) is 19.4 Å². The Morgan fingerprint density at radius 1 is 0.917 bits per heavy atom. The van der Waals surface area contributed by atoms with Gasteiger partial charge >= 0.3 is 12.3 Å². The van der Waals surface area contributed by atoms with E-state index in [1.165, 1.54) is 68.0 Å². The molecule has 3 aromatic heterocycles. The van der Waals surface area contributed by atoms with Crippen LogP contribution in [0, 0.1) is 0 Å². The van der Waals surface area contributed by atoms with Crippen LogP contribution in [-0.4, -0.2) is 136 Å². The first-order valence-electron chi connectivity index (χ1n) is 22.0. The van der Waals surface area contributed by atoms with E-state index in [1.807, 2.05) is 0 Å². The van der Waals surface area contributed by atoms with Crippen molar-refractivity contribution in [3.8, 4) is 17.1 Å². The van der Waals surface area contributed by atoms with Crippen molar-refractivity contribution in [1.82, 2.24) is 35.3 Å². The molecule has 6 N–H and O–H groups in total. The number of halogens is 3. The smallest absolute Gasteiger partial charge is 0.416 e. The van der Waals surface area contributed by atoms with Crippen molar-refractivity contribution in [3.63, 3.8) is 0 Å². The molecular formula is C46H46F3N11O12. The van der Waals surface area contributed by atoms with Crippen LogP contribution < -0.4 is 31.9 Å². The van der Waals surface area contributed by atoms with E-state index in [0.717, 1.165) is 23.4 Å². The highest BCUT2D eigenvalue weighted by atomic mass is 19.4. The Morgan fingerprint density at radius 2 is 1.64 bits per heavy atom. The fourth-order valence-electron chi connectivity index (χ4n) is 7.26. The number of benzene rings is 2. The number of anilines is 3. The molecule has 1 unspecified atom stereocenters. The number of pyridine rings is 1. The lowest BCUT2D eigenvalue weighted by molar-refractivity contribution is -0.136. The Kier molecular flexibility index (Phi) is 15.4. The van der Waals surface area contributed by atoms with Crippen LogP contribution in [-0.2, 0) is 23.8 Å². The number of nitrogens with one attached hydrogen (secondary N) is 4. The SMILES string of the molecule is CC(C)(C)OC(=O)N(CC(F)(F)F)c1cc(-c2nc(C(=O)Nc3cn(-c4ccc(C(=O)NCCOCCOCCNc5cccc6c5C(=O)N(C5CCC(=O)NC5=O)C6=O)cc4)nc3C(N)=O)co2)ccn1. The molecular weight excluding hydrogens is 956 g/mol. The maximum Gasteiger partial charge on any atom is 0.416 e. The average molecular weight is 1000 g/mol. The molecule has 1 fully saturated rings. The molecule has 2 aromatic carbocycles. The summed E-state index contributed by atoms with van der Waals surface area (Å²) in [6.07, 6.45) is -2.66. The molecule has 2 aliphatic rings. The highest BCUT2D eigenvalue weighted by Gasteiger charge is 2.45. The molecule has 7 rings (SSSR count). The topological polar surface area (TPSA) is 302 Å². The number of ether oxygens (including phenoxy) is 3. The second-order valence-corrected chi connectivity index (χ2v) is 16.9. The van der Waals surface area contributed by atoms with Gasteiger partial charge in [-0.3, -0.25) is 48.7 Å². The molecule has 5 aromatic rings. The van der Waals surface area contributed by atoms with E-state index >= 15 is 0 Å². The van der Waals surface area contributed by atoms with E-state index < -0.39 is 77.6 Å². The molecule has 1 atom stereocenters. The summed E-state index contributed by atoms with van der Waals surface area (Å²) in [7, 11) is 0. The summed E-state index contributed by atoms with van der Waals surface area (Å²) in [5, 5.41) is 14.6. The number of fused-ring (bicyclic) bond motifs is 1. The van der Waals surface area contributed by atoms with Gasteiger partial charge in [0.05, 0.1) is 55.1 Å². The van der Waals surface area contributed by atoms with Gasteiger partial charge in [0, 0.05) is 42.5 Å². The number of carbonyl (C=O) groups excluding carboxylic acids is 8. The number of rotatable bonds is 19. The molecule has 23 nitrogen and oxygen atoms in total. The molecule has 72 heavy (non-hydrogen) atoms. The quantitative estimate of drug-likeness (QED) is 0.0580. The number of nitrogens with two attached hydrogens (primary N) is 1. The molecule has 0 spiro atoms. The lowest BCUT2D eigenvalue weighted by atomic mass is 10.0. The summed E-state index contributed by atoms with van der Waals surface area (Å²) in [5.41, 5.74) is 5.12. The van der Waals surface area contributed by atoms with Crippen LogP contribution in [0.3, 0.4) is 0 Å². The zero-order chi connectivity index (χ0) is 51.9. The highest BCUT2D eigenvalue weighted by Crippen LogP contribution is 2.33. The minimum Gasteiger partial charge on any atom is -0.444 e. The van der Waals surface area contributed by atoms with Gasteiger partial charge < -0.3 is 40.3 Å². The van der Waals surface area contributed by atoms with Crippen molar-refractivity contribution in [3.05, 3.63) is 101 Å². The second kappa shape index (κ2) is 21.6. The summed E-state index contributed by atoms with van der Waals surface area (Å²) in [4.78, 5) is 111. The molecule has 0 aliphatic carbocycles. The monoisotopic (exact) mass is 1000 g/mol. The van der Waals surface area contributed by atoms with Crippen molar-refractivity contribution in [2.24, 2.45) is 5.73 Å². The first kappa shape index (κ1) is 51.3. The first-order valence-corrected chi connectivity index (χ1v) is 22.0. The summed E-state index contributed by atoms with van der Waals surface area (Å²) in [6.45, 7) is 4.02. The Balaban J connectivity index is 0.847. The summed E-state index contributed by atoms with van der Waals surface area (Å²) >= 11 is 0. The van der Waals surface area contributed by atoms with Gasteiger partial charge in [0.15, 0.2) is 11.4 Å². The van der Waals surface area contributed by atoms with Crippen molar-refractivity contribution in [2.75, 3.05) is 61.6 Å². The van der Waals surface area contributed by atoms with Crippen LogP contribution in [0.4, 0.5) is 35.2 Å². The minimum atomic E-state index is -4.80. The number of primary amides is 1. The number of amides is 8. The molecule has 0 bridgehead atoms. The number of aromatic nitrogens is 4. The van der Waals surface area contributed by atoms with E-state index in [-0.39, 0.29) is 97.6 Å². The first-order chi connectivity index (χ1) is 34.2. The largest absolute Gasteiger partial charge is 0.444 e. The van der Waals surface area contributed by atoms with Crippen molar-refractivity contribution in [2.45, 2.75) is 51.4 Å². The summed E-state index contributed by atoms with van der Waals surface area (Å²) in [5.74, 6) is -5.31. The fourth-order valence-corrected chi connectivity index (χ4v) is 7.26. The normalized spacial score (nSPS) is 14.7. The molecule has 1 saturated heterocycles. The maximum absolute atomic E-state index is 13.5. The molecule has 5 heterocycles. The Labute approximate surface area is 406 Å². The zero-order valence-electron chi connectivity index (χ0n) is 38.7. The maximum atomic E-state index is 13.5. The van der Waals surface area contributed by atoms with E-state index in [9.17, 15) is 51.5 Å². The number of nitrogens with zero attached hydrogens (tertiary/aromatic N) is 6. The van der Waals surface area contributed by atoms with Crippen LogP contribution in [0.15, 0.2) is 77.7 Å². The molecule has 8 amide bonds. The van der Waals surface area contributed by atoms with Crippen molar-refractivity contribution in [1.29, 1.82) is 0 Å². The molecule has 0 saturated carbocycles. The van der Waals surface area contributed by atoms with Crippen molar-refractivity contribution >= 4 is 64.6 Å². The average Bonchev–Trinajstić information content (AvgIpc) is 4.05. The number of alkyl halides is 3. The van der Waals surface area contributed by atoms with Gasteiger partial charge in [0.1, 0.15) is 30.3 Å². The molecule has 378 valence electrons. The standard InChI is InChI=1S/C46H46F3N11O12/c1-45(2,3)72-44(68)58(24-46(47,48)49)33-21-26(13-14-52-33)41-55-31(23-71-41)39(64)54-30-22-59(57-36(30)37(50)62)27-9-7-25(8-10-27)38(63)53-16-18-70-20-19-69-17-15-51-29-6-4-5-28-35(29)43(67)60(42(28)66)32-11-12-34(61)56-40(32)65/h4-10,13-14,21-23,32,51H,11-12,15-20,24H2,1-3H3,(H2,50,62)(H,53,63)(H,54,64)(H,56,61,65). The lowest BCUT2D eigenvalue weighted by Crippen LogP contribution is -2.54. The third-order valence-corrected chi connectivity index (χ3v) is 10.5. The van der Waals surface area contributed by atoms with Crippen molar-refractivity contribution < 1.29 is 70.2 Å². The van der Waals surface area contributed by atoms with Gasteiger partial charge in [0.25, 0.3) is 29.5 Å². The predicted octanol–water partition coefficient (Wildman–Crippen LogP) is 3.85. The van der Waals surface area contributed by atoms with Crippen LogP contribution in [0.2, 0.25) is 0 Å². The number of hydrogen-bond acceptors (Lipinski definition) is 16. The van der Waals surface area contributed by atoms with Crippen LogP contribution >= 0.6 is 0 Å². The van der Waals surface area contributed by atoms with E-state index in [2.05, 4.69) is 36.3 Å². The third kappa shape index (κ3) is 12.4. The lowest BCUT2D eigenvalue weighted by Gasteiger charge is -2.27. The number of carbonyl (C=O) groups is 8. The molecule has 26 heteroatoms. The van der Waals surface area contributed by atoms with E-state index in [1.54, 1.807) is 12.1 Å². The summed E-state index contributed by atoms with van der Waals surface area (Å²) in [6, 6.07) is 12.2. The number of oxazole rings is 1. The van der Waals surface area contributed by atoms with Crippen LogP contribution in [0.25, 0.3) is 17.1 Å². The molecule has 2 aliphatic heterocycles. The van der Waals surface area contributed by atoms with Gasteiger partial charge in [-0.2, -0.15) is 18.3 Å². The molecule has 0 radical (unpaired) electrons. The van der Waals surface area contributed by atoms with Gasteiger partial charge in [0.2, 0.25) is 17.7 Å². The highest BCUT2D eigenvalue weighted by molar-refractivity contribution is 6.25.